The summed E-state index contributed by atoms with van der Waals surface area (Å²) in [5.74, 6) is -0.977. The minimum absolute atomic E-state index is 0.114. The fraction of sp³-hybridized carbons (Fsp3) is 0.364. The van der Waals surface area contributed by atoms with Gasteiger partial charge in [0.15, 0.2) is 0 Å². The Bertz CT molecular complexity index is 1340. The number of anilines is 1. The number of hydrogen-bond acceptors (Lipinski definition) is 5. The number of nitrogens with one attached hydrogen (secondary N) is 1. The Morgan fingerprint density at radius 3 is 2.56 bits per heavy atom. The maximum Gasteiger partial charge on any atom is 0.308 e. The van der Waals surface area contributed by atoms with E-state index in [9.17, 15) is 22.4 Å². The van der Waals surface area contributed by atoms with Crippen molar-refractivity contribution in [2.75, 3.05) is 18.4 Å². The van der Waals surface area contributed by atoms with Gasteiger partial charge in [0.25, 0.3) is 0 Å². The number of piperidine rings is 1. The van der Waals surface area contributed by atoms with E-state index in [1.807, 2.05) is 6.92 Å². The van der Waals surface area contributed by atoms with Crippen LogP contribution < -0.4 is 10.2 Å². The van der Waals surface area contributed by atoms with Gasteiger partial charge in [-0.25, -0.2) is 12.8 Å². The molecule has 0 aliphatic carbocycles. The van der Waals surface area contributed by atoms with Gasteiger partial charge in [0, 0.05) is 31.2 Å². The summed E-state index contributed by atoms with van der Waals surface area (Å²) in [6, 6.07) is 9.27. The average molecular weight is 478 g/mol. The Hall–Kier alpha value is -2.56. The quantitative estimate of drug-likeness (QED) is 0.609. The summed E-state index contributed by atoms with van der Waals surface area (Å²) in [4.78, 5) is 24.7. The van der Waals surface area contributed by atoms with Crippen molar-refractivity contribution in [1.29, 1.82) is 0 Å². The second kappa shape index (κ2) is 8.76. The number of thiazole rings is 1. The summed E-state index contributed by atoms with van der Waals surface area (Å²) in [6.07, 6.45) is 0.752. The zero-order valence-electron chi connectivity index (χ0n) is 17.8. The highest BCUT2D eigenvalue weighted by molar-refractivity contribution is 7.89. The molecule has 32 heavy (non-hydrogen) atoms. The number of rotatable bonds is 5. The molecule has 1 aliphatic rings. The van der Waals surface area contributed by atoms with E-state index >= 15 is 0 Å². The molecular weight excluding hydrogens is 453 g/mol. The number of nitrogens with zero attached hydrogens (tertiary/aromatic N) is 2. The van der Waals surface area contributed by atoms with Crippen LogP contribution in [0, 0.1) is 18.7 Å². The monoisotopic (exact) mass is 477 g/mol. The first kappa shape index (κ1) is 22.6. The molecule has 170 valence electrons. The lowest BCUT2D eigenvalue weighted by molar-refractivity contribution is -0.120. The molecule has 3 aromatic rings. The van der Waals surface area contributed by atoms with E-state index in [1.54, 1.807) is 35.8 Å². The van der Waals surface area contributed by atoms with Crippen molar-refractivity contribution in [3.63, 3.8) is 0 Å². The number of aryl methyl sites for hydroxylation is 2. The lowest BCUT2D eigenvalue weighted by Crippen LogP contribution is -2.41. The molecule has 1 aliphatic heterocycles. The minimum atomic E-state index is -3.73. The van der Waals surface area contributed by atoms with E-state index in [2.05, 4.69) is 5.32 Å². The summed E-state index contributed by atoms with van der Waals surface area (Å²) in [5, 5.41) is 2.72. The van der Waals surface area contributed by atoms with Crippen LogP contribution in [-0.4, -0.2) is 36.3 Å². The highest BCUT2D eigenvalue weighted by atomic mass is 32.2. The van der Waals surface area contributed by atoms with Gasteiger partial charge in [-0.2, -0.15) is 4.31 Å². The Kier molecular flexibility index (Phi) is 6.19. The van der Waals surface area contributed by atoms with E-state index in [0.717, 1.165) is 16.9 Å². The van der Waals surface area contributed by atoms with E-state index in [0.29, 0.717) is 35.3 Å². The Morgan fingerprint density at radius 2 is 1.91 bits per heavy atom. The predicted molar refractivity (Wildman–Crippen MR) is 123 cm³/mol. The van der Waals surface area contributed by atoms with Gasteiger partial charge < -0.3 is 5.32 Å². The van der Waals surface area contributed by atoms with E-state index in [4.69, 9.17) is 0 Å². The summed E-state index contributed by atoms with van der Waals surface area (Å²) < 4.78 is 43.6. The summed E-state index contributed by atoms with van der Waals surface area (Å²) in [6.45, 7) is 4.47. The maximum absolute atomic E-state index is 13.7. The van der Waals surface area contributed by atoms with Gasteiger partial charge >= 0.3 is 4.87 Å². The van der Waals surface area contributed by atoms with Gasteiger partial charge in [-0.05, 0) is 62.6 Å². The number of carbonyl (C=O) groups is 1. The highest BCUT2D eigenvalue weighted by Gasteiger charge is 2.32. The third-order valence-electron chi connectivity index (χ3n) is 5.86. The molecule has 0 spiro atoms. The maximum atomic E-state index is 13.7. The fourth-order valence-electron chi connectivity index (χ4n) is 3.93. The third-order valence-corrected chi connectivity index (χ3v) is 8.69. The number of hydrogen-bond donors (Lipinski definition) is 1. The van der Waals surface area contributed by atoms with Crippen molar-refractivity contribution in [1.82, 2.24) is 8.87 Å². The Labute approximate surface area is 189 Å². The largest absolute Gasteiger partial charge is 0.326 e. The number of benzene rings is 2. The van der Waals surface area contributed by atoms with Crippen LogP contribution in [-0.2, 0) is 21.4 Å². The molecule has 0 atom stereocenters. The zero-order chi connectivity index (χ0) is 23.0. The topological polar surface area (TPSA) is 88.5 Å². The molecule has 0 bridgehead atoms. The number of aromatic nitrogens is 1. The van der Waals surface area contributed by atoms with Gasteiger partial charge in [-0.1, -0.05) is 17.4 Å². The molecule has 0 radical (unpaired) electrons. The first-order valence-electron chi connectivity index (χ1n) is 10.4. The summed E-state index contributed by atoms with van der Waals surface area (Å²) in [7, 11) is -3.73. The number of halogens is 1. The molecule has 1 fully saturated rings. The van der Waals surface area contributed by atoms with Crippen molar-refractivity contribution < 1.29 is 17.6 Å². The van der Waals surface area contributed by atoms with Crippen molar-refractivity contribution in [2.24, 2.45) is 5.92 Å². The van der Waals surface area contributed by atoms with Crippen LogP contribution in [0.3, 0.4) is 0 Å². The molecule has 7 nitrogen and oxygen atoms in total. The van der Waals surface area contributed by atoms with Crippen LogP contribution in [0.1, 0.15) is 25.3 Å². The predicted octanol–water partition coefficient (Wildman–Crippen LogP) is 3.57. The van der Waals surface area contributed by atoms with Crippen LogP contribution >= 0.6 is 11.3 Å². The van der Waals surface area contributed by atoms with Crippen molar-refractivity contribution >= 4 is 43.2 Å². The fourth-order valence-corrected chi connectivity index (χ4v) is 6.49. The van der Waals surface area contributed by atoms with Crippen LogP contribution in [0.25, 0.3) is 10.2 Å². The SMILES string of the molecule is CCn1c(=O)sc2cc(S(=O)(=O)N3CCC(C(=O)Nc4ccc(C)c(F)c4)CC3)ccc21. The van der Waals surface area contributed by atoms with Gasteiger partial charge in [0.2, 0.25) is 15.9 Å². The highest BCUT2D eigenvalue weighted by Crippen LogP contribution is 2.28. The van der Waals surface area contributed by atoms with Crippen molar-refractivity contribution in [3.8, 4) is 0 Å². The number of fused-ring (bicyclic) bond motifs is 1. The van der Waals surface area contributed by atoms with Crippen molar-refractivity contribution in [2.45, 2.75) is 38.1 Å². The lowest BCUT2D eigenvalue weighted by Gasteiger charge is -2.30. The van der Waals surface area contributed by atoms with Gasteiger partial charge in [-0.15, -0.1) is 0 Å². The molecular formula is C22H24FN3O4S2. The molecule has 2 aromatic carbocycles. The van der Waals surface area contributed by atoms with E-state index < -0.39 is 10.0 Å². The molecule has 10 heteroatoms. The minimum Gasteiger partial charge on any atom is -0.326 e. The summed E-state index contributed by atoms with van der Waals surface area (Å²) >= 11 is 1.03. The van der Waals surface area contributed by atoms with E-state index in [1.165, 1.54) is 16.4 Å². The molecule has 0 unspecified atom stereocenters. The zero-order valence-corrected chi connectivity index (χ0v) is 19.4. The van der Waals surface area contributed by atoms with Crippen LogP contribution in [0.5, 0.6) is 0 Å². The number of carbonyl (C=O) groups excluding carboxylic acids is 1. The second-order valence-electron chi connectivity index (χ2n) is 7.87. The Morgan fingerprint density at radius 1 is 1.19 bits per heavy atom. The second-order valence-corrected chi connectivity index (χ2v) is 10.8. The van der Waals surface area contributed by atoms with Gasteiger partial charge in [0.05, 0.1) is 15.1 Å². The third kappa shape index (κ3) is 4.22. The molecule has 1 aromatic heterocycles. The van der Waals surface area contributed by atoms with Crippen LogP contribution in [0.2, 0.25) is 0 Å². The molecule has 4 rings (SSSR count). The number of sulfonamides is 1. The van der Waals surface area contributed by atoms with Crippen molar-refractivity contribution in [3.05, 3.63) is 57.4 Å². The lowest BCUT2D eigenvalue weighted by atomic mass is 9.97. The molecule has 2 heterocycles. The van der Waals surface area contributed by atoms with Crippen LogP contribution in [0.4, 0.5) is 10.1 Å². The van der Waals surface area contributed by atoms with E-state index in [-0.39, 0.29) is 40.5 Å². The number of amides is 1. The standard InChI is InChI=1S/C22H24FN3O4S2/c1-3-26-19-7-6-17(13-20(19)31-22(26)28)32(29,30)25-10-8-15(9-11-25)21(27)24-16-5-4-14(2)18(23)12-16/h4-7,12-13,15H,3,8-11H2,1-2H3,(H,24,27). The molecule has 1 saturated heterocycles. The van der Waals surface area contributed by atoms with Gasteiger partial charge in [-0.3, -0.25) is 14.2 Å². The average Bonchev–Trinajstić information content (AvgIpc) is 3.10. The first-order chi connectivity index (χ1) is 15.2. The first-order valence-corrected chi connectivity index (χ1v) is 12.7. The molecule has 1 amide bonds. The van der Waals surface area contributed by atoms with Gasteiger partial charge in [0.1, 0.15) is 5.82 Å². The normalized spacial score (nSPS) is 15.8. The van der Waals surface area contributed by atoms with Crippen LogP contribution in [0.15, 0.2) is 46.1 Å². The Balaban J connectivity index is 1.45. The molecule has 1 N–H and O–H groups in total. The molecule has 0 saturated carbocycles. The smallest absolute Gasteiger partial charge is 0.308 e. The summed E-state index contributed by atoms with van der Waals surface area (Å²) in [5.41, 5.74) is 1.61.